The summed E-state index contributed by atoms with van der Waals surface area (Å²) in [5.74, 6) is 0.456. The monoisotopic (exact) mass is 427 g/mol. The van der Waals surface area contributed by atoms with E-state index in [1.54, 1.807) is 6.08 Å². The van der Waals surface area contributed by atoms with Crippen LogP contribution in [-0.2, 0) is 14.3 Å². The number of rotatable bonds is 8. The first-order chi connectivity index (χ1) is 14.7. The van der Waals surface area contributed by atoms with Crippen molar-refractivity contribution < 1.29 is 24.2 Å². The van der Waals surface area contributed by atoms with E-state index in [2.05, 4.69) is 4.90 Å². The number of carboxylic acids is 1. The highest BCUT2D eigenvalue weighted by Crippen LogP contribution is 2.28. The van der Waals surface area contributed by atoms with Crippen LogP contribution in [0, 0.1) is 5.92 Å². The third kappa shape index (κ3) is 6.77. The highest BCUT2D eigenvalue weighted by molar-refractivity contribution is 5.89. The molecule has 1 aromatic rings. The Kier molecular flexibility index (Phi) is 7.68. The maximum absolute atomic E-state index is 11.4. The number of allylic oxidation sites excluding steroid dienone is 3. The molecule has 6 nitrogen and oxygen atoms in total. The molecule has 0 amide bonds. The summed E-state index contributed by atoms with van der Waals surface area (Å²) < 4.78 is 11.9. The topological polar surface area (TPSA) is 76.1 Å². The lowest BCUT2D eigenvalue weighted by Crippen LogP contribution is -2.47. The molecule has 1 heterocycles. The van der Waals surface area contributed by atoms with Crippen molar-refractivity contribution in [3.05, 3.63) is 47.6 Å². The molecule has 1 aromatic carbocycles. The molecule has 6 heteroatoms. The second-order valence-corrected chi connectivity index (χ2v) is 9.26. The second-order valence-electron chi connectivity index (χ2n) is 9.26. The molecule has 1 atom stereocenters. The summed E-state index contributed by atoms with van der Waals surface area (Å²) in [4.78, 5) is 24.6. The molecular weight excluding hydrogens is 394 g/mol. The number of ether oxygens (including phenoxy) is 2. The Bertz CT molecular complexity index is 826. The molecule has 1 N–H and O–H groups in total. The number of nitrogens with zero attached hydrogens (tertiary/aromatic N) is 1. The molecule has 1 unspecified atom stereocenters. The van der Waals surface area contributed by atoms with Gasteiger partial charge in [0, 0.05) is 18.7 Å². The fourth-order valence-corrected chi connectivity index (χ4v) is 3.96. The summed E-state index contributed by atoms with van der Waals surface area (Å²) in [6.07, 6.45) is 7.24. The van der Waals surface area contributed by atoms with Crippen LogP contribution in [0.2, 0.25) is 0 Å². The van der Waals surface area contributed by atoms with Crippen LogP contribution >= 0.6 is 0 Å². The molecule has 0 saturated carbocycles. The molecule has 2 aliphatic rings. The van der Waals surface area contributed by atoms with Crippen molar-refractivity contribution in [1.82, 2.24) is 4.90 Å². The van der Waals surface area contributed by atoms with Crippen LogP contribution in [0.1, 0.15) is 52.0 Å². The van der Waals surface area contributed by atoms with Gasteiger partial charge in [-0.05, 0) is 75.6 Å². The van der Waals surface area contributed by atoms with Crippen molar-refractivity contribution in [3.63, 3.8) is 0 Å². The SMILES string of the molecule is CC(C)(C)OC(C=O)N1CCC(COc2ccc(C3=CC=C(C(=O)O)CC3)cc2)CC1. The zero-order valence-corrected chi connectivity index (χ0v) is 18.7. The van der Waals surface area contributed by atoms with Crippen LogP contribution in [-0.4, -0.2) is 53.8 Å². The Morgan fingerprint density at radius 1 is 1.16 bits per heavy atom. The minimum atomic E-state index is -0.840. The van der Waals surface area contributed by atoms with Crippen LogP contribution in [0.5, 0.6) is 5.75 Å². The van der Waals surface area contributed by atoms with E-state index in [0.717, 1.165) is 55.5 Å². The van der Waals surface area contributed by atoms with Gasteiger partial charge in [-0.25, -0.2) is 4.79 Å². The van der Waals surface area contributed by atoms with Crippen LogP contribution in [0.15, 0.2) is 42.0 Å². The Morgan fingerprint density at radius 2 is 1.84 bits per heavy atom. The van der Waals surface area contributed by atoms with Crippen molar-refractivity contribution >= 4 is 17.8 Å². The summed E-state index contributed by atoms with van der Waals surface area (Å²) >= 11 is 0. The average Bonchev–Trinajstić information content (AvgIpc) is 2.76. The smallest absolute Gasteiger partial charge is 0.331 e. The second kappa shape index (κ2) is 10.2. The zero-order valence-electron chi connectivity index (χ0n) is 18.7. The lowest BCUT2D eigenvalue weighted by molar-refractivity contribution is -0.155. The van der Waals surface area contributed by atoms with Gasteiger partial charge in [0.15, 0.2) is 12.5 Å². The third-order valence-corrected chi connectivity index (χ3v) is 5.73. The molecule has 1 aliphatic carbocycles. The van der Waals surface area contributed by atoms with Gasteiger partial charge in [-0.1, -0.05) is 24.3 Å². The third-order valence-electron chi connectivity index (χ3n) is 5.73. The number of benzene rings is 1. The van der Waals surface area contributed by atoms with Crippen LogP contribution in [0.25, 0.3) is 5.57 Å². The fraction of sp³-hybridized carbons (Fsp3) is 0.520. The minimum Gasteiger partial charge on any atom is -0.493 e. The normalized spacial score (nSPS) is 19.3. The average molecular weight is 428 g/mol. The van der Waals surface area contributed by atoms with Crippen LogP contribution in [0.3, 0.4) is 0 Å². The van der Waals surface area contributed by atoms with E-state index in [1.165, 1.54) is 0 Å². The highest BCUT2D eigenvalue weighted by atomic mass is 16.5. The number of hydrogen-bond acceptors (Lipinski definition) is 5. The standard InChI is InChI=1S/C25H33NO5/c1-25(2,3)31-23(16-27)26-14-12-18(13-15-26)17-30-22-10-8-20(9-11-22)19-4-6-21(7-5-19)24(28)29/h4,6,8-11,16,18,23H,5,7,12-15,17H2,1-3H3,(H,28,29). The molecule has 1 saturated heterocycles. The lowest BCUT2D eigenvalue weighted by Gasteiger charge is -2.37. The number of hydrogen-bond donors (Lipinski definition) is 1. The van der Waals surface area contributed by atoms with Gasteiger partial charge in [-0.2, -0.15) is 0 Å². The van der Waals surface area contributed by atoms with Crippen LogP contribution < -0.4 is 4.74 Å². The molecular formula is C25H33NO5. The van der Waals surface area contributed by atoms with Gasteiger partial charge in [-0.3, -0.25) is 9.69 Å². The van der Waals surface area contributed by atoms with E-state index in [4.69, 9.17) is 14.6 Å². The summed E-state index contributed by atoms with van der Waals surface area (Å²) in [5.41, 5.74) is 2.35. The fourth-order valence-electron chi connectivity index (χ4n) is 3.96. The number of carbonyl (C=O) groups excluding carboxylic acids is 1. The van der Waals surface area contributed by atoms with Gasteiger partial charge < -0.3 is 14.6 Å². The Hall–Kier alpha value is -2.44. The van der Waals surface area contributed by atoms with Crippen molar-refractivity contribution in [2.24, 2.45) is 5.92 Å². The number of aldehydes is 1. The minimum absolute atomic E-state index is 0.347. The first kappa shape index (κ1) is 23.2. The Morgan fingerprint density at radius 3 is 2.35 bits per heavy atom. The largest absolute Gasteiger partial charge is 0.493 e. The number of likely N-dealkylation sites (tertiary alicyclic amines) is 1. The lowest BCUT2D eigenvalue weighted by atomic mass is 9.93. The molecule has 0 aromatic heterocycles. The molecule has 0 spiro atoms. The van der Waals surface area contributed by atoms with E-state index in [1.807, 2.05) is 51.1 Å². The first-order valence-electron chi connectivity index (χ1n) is 11.0. The summed E-state index contributed by atoms with van der Waals surface area (Å²) in [7, 11) is 0. The first-order valence-corrected chi connectivity index (χ1v) is 11.0. The molecule has 0 bridgehead atoms. The molecule has 3 rings (SSSR count). The molecule has 1 fully saturated rings. The van der Waals surface area contributed by atoms with E-state index in [-0.39, 0.29) is 5.60 Å². The Balaban J connectivity index is 1.46. The predicted molar refractivity (Wildman–Crippen MR) is 120 cm³/mol. The zero-order chi connectivity index (χ0) is 22.4. The summed E-state index contributed by atoms with van der Waals surface area (Å²) in [5, 5.41) is 9.06. The molecule has 0 radical (unpaired) electrons. The number of aliphatic carboxylic acids is 1. The van der Waals surface area contributed by atoms with Crippen LogP contribution in [0.4, 0.5) is 0 Å². The highest BCUT2D eigenvalue weighted by Gasteiger charge is 2.28. The van der Waals surface area contributed by atoms with Gasteiger partial charge in [0.05, 0.1) is 12.2 Å². The van der Waals surface area contributed by atoms with Gasteiger partial charge in [0.2, 0.25) is 0 Å². The summed E-state index contributed by atoms with van der Waals surface area (Å²) in [6.45, 7) is 8.20. The van der Waals surface area contributed by atoms with Gasteiger partial charge >= 0.3 is 5.97 Å². The van der Waals surface area contributed by atoms with E-state index >= 15 is 0 Å². The summed E-state index contributed by atoms with van der Waals surface area (Å²) in [6, 6.07) is 8.01. The Labute approximate surface area is 184 Å². The van der Waals surface area contributed by atoms with Gasteiger partial charge in [-0.15, -0.1) is 0 Å². The maximum Gasteiger partial charge on any atom is 0.331 e. The van der Waals surface area contributed by atoms with Crippen molar-refractivity contribution in [1.29, 1.82) is 0 Å². The van der Waals surface area contributed by atoms with E-state index in [9.17, 15) is 9.59 Å². The van der Waals surface area contributed by atoms with Gasteiger partial charge in [0.1, 0.15) is 5.75 Å². The van der Waals surface area contributed by atoms with E-state index < -0.39 is 12.2 Å². The van der Waals surface area contributed by atoms with Crippen molar-refractivity contribution in [2.75, 3.05) is 19.7 Å². The number of carbonyl (C=O) groups is 2. The molecule has 1 aliphatic heterocycles. The predicted octanol–water partition coefficient (Wildman–Crippen LogP) is 4.31. The maximum atomic E-state index is 11.4. The molecule has 168 valence electrons. The van der Waals surface area contributed by atoms with Gasteiger partial charge in [0.25, 0.3) is 0 Å². The van der Waals surface area contributed by atoms with E-state index in [0.29, 0.717) is 24.5 Å². The number of piperidine rings is 1. The molecule has 31 heavy (non-hydrogen) atoms. The van der Waals surface area contributed by atoms with Crippen molar-refractivity contribution in [2.45, 2.75) is 58.3 Å². The quantitative estimate of drug-likeness (QED) is 0.623. The number of carboxylic acid groups (broad SMARTS) is 1. The van der Waals surface area contributed by atoms with Crippen molar-refractivity contribution in [3.8, 4) is 5.75 Å².